The quantitative estimate of drug-likeness (QED) is 0.158. The number of fused-ring (bicyclic) bond motifs is 11. The van der Waals surface area contributed by atoms with Gasteiger partial charge in [-0.25, -0.2) is 0 Å². The maximum Gasteiger partial charge on any atom is 0.144 e. The minimum atomic E-state index is 0.879. The predicted molar refractivity (Wildman–Crippen MR) is 187 cm³/mol. The van der Waals surface area contributed by atoms with Crippen LogP contribution in [0.25, 0.3) is 92.9 Å². The van der Waals surface area contributed by atoms with Crippen molar-refractivity contribution in [3.8, 4) is 11.1 Å². The molecule has 0 aliphatic rings. The number of hydrogen-bond donors (Lipinski definition) is 0. The van der Waals surface area contributed by atoms with Crippen molar-refractivity contribution in [3.05, 3.63) is 139 Å². The first kappa shape index (κ1) is 24.9. The zero-order valence-corrected chi connectivity index (χ0v) is 24.5. The van der Waals surface area contributed by atoms with Gasteiger partial charge in [-0.3, -0.25) is 0 Å². The van der Waals surface area contributed by atoms with Gasteiger partial charge in [0.1, 0.15) is 22.3 Å². The Labute approximate surface area is 254 Å². The van der Waals surface area contributed by atoms with E-state index < -0.39 is 0 Å². The van der Waals surface area contributed by atoms with Crippen LogP contribution in [0.3, 0.4) is 0 Å². The molecule has 44 heavy (non-hydrogen) atoms. The van der Waals surface area contributed by atoms with Crippen LogP contribution in [0.2, 0.25) is 0 Å². The fourth-order valence-electron chi connectivity index (χ4n) is 7.20. The summed E-state index contributed by atoms with van der Waals surface area (Å²) in [5.41, 5.74) is 8.53. The van der Waals surface area contributed by atoms with Crippen molar-refractivity contribution < 1.29 is 8.83 Å². The fourth-order valence-corrected chi connectivity index (χ4v) is 7.20. The van der Waals surface area contributed by atoms with Crippen LogP contribution in [-0.4, -0.2) is 0 Å². The summed E-state index contributed by atoms with van der Waals surface area (Å²) >= 11 is 0. The lowest BCUT2D eigenvalue weighted by Crippen LogP contribution is -1.92. The average molecular weight is 565 g/mol. The Balaban J connectivity index is 1.37. The lowest BCUT2D eigenvalue weighted by atomic mass is 9.86. The van der Waals surface area contributed by atoms with Gasteiger partial charge in [0.15, 0.2) is 0 Å². The monoisotopic (exact) mass is 564 g/mol. The van der Waals surface area contributed by atoms with Crippen LogP contribution in [0, 0.1) is 0 Å². The maximum atomic E-state index is 6.69. The molecule has 0 aliphatic heterocycles. The van der Waals surface area contributed by atoms with Crippen molar-refractivity contribution in [2.75, 3.05) is 0 Å². The van der Waals surface area contributed by atoms with E-state index in [0.717, 1.165) is 54.6 Å². The van der Waals surface area contributed by atoms with Crippen molar-refractivity contribution in [3.63, 3.8) is 0 Å². The molecular formula is C42H28O2. The maximum absolute atomic E-state index is 6.69. The van der Waals surface area contributed by atoms with Crippen molar-refractivity contribution in [1.29, 1.82) is 0 Å². The van der Waals surface area contributed by atoms with E-state index in [1.807, 2.05) is 12.1 Å². The van der Waals surface area contributed by atoms with Gasteiger partial charge in [0.25, 0.3) is 0 Å². The molecule has 2 nitrogen and oxygen atoms in total. The molecule has 2 heterocycles. The first-order valence-electron chi connectivity index (χ1n) is 15.1. The highest BCUT2D eigenvalue weighted by Gasteiger charge is 2.19. The molecule has 0 radical (unpaired) electrons. The second-order valence-electron chi connectivity index (χ2n) is 11.6. The van der Waals surface area contributed by atoms with E-state index in [1.54, 1.807) is 0 Å². The average Bonchev–Trinajstić information content (AvgIpc) is 3.64. The molecule has 0 atom stereocenters. The summed E-state index contributed by atoms with van der Waals surface area (Å²) < 4.78 is 12.9. The van der Waals surface area contributed by atoms with E-state index >= 15 is 0 Å². The normalized spacial score (nSPS) is 12.8. The van der Waals surface area contributed by atoms with Gasteiger partial charge in [-0.15, -0.1) is 0 Å². The van der Waals surface area contributed by atoms with E-state index in [4.69, 9.17) is 8.83 Å². The van der Waals surface area contributed by atoms with Gasteiger partial charge >= 0.3 is 0 Å². The molecular weight excluding hydrogens is 536 g/mol. The van der Waals surface area contributed by atoms with E-state index in [2.05, 4.69) is 135 Å². The van der Waals surface area contributed by atoms with Crippen molar-refractivity contribution in [1.82, 2.24) is 0 Å². The minimum absolute atomic E-state index is 0.879. The van der Waals surface area contributed by atoms with E-state index in [0.29, 0.717) is 0 Å². The Kier molecular flexibility index (Phi) is 5.36. The molecule has 9 rings (SSSR count). The van der Waals surface area contributed by atoms with Crippen LogP contribution >= 0.6 is 0 Å². The molecule has 0 bridgehead atoms. The van der Waals surface area contributed by atoms with E-state index in [1.165, 1.54) is 43.8 Å². The number of hydrogen-bond acceptors (Lipinski definition) is 2. The highest BCUT2D eigenvalue weighted by molar-refractivity contribution is 6.28. The third-order valence-electron chi connectivity index (χ3n) is 9.11. The standard InChI is InChI=1S/C42H28O2/c1-3-4-11-25(2)38-28-12-5-7-14-30(28)39(31-15-8-6-13-29(31)38)27-20-22-36-34(24-27)32-21-18-26-19-23-37-41(40(26)42(32)44-36)33-16-9-10-17-35(33)43-37/h3-24H,1-2H3/b4-3-,25-11+. The summed E-state index contributed by atoms with van der Waals surface area (Å²) in [5.74, 6) is 0. The summed E-state index contributed by atoms with van der Waals surface area (Å²) in [5, 5.41) is 11.7. The molecule has 9 aromatic rings. The Bertz CT molecular complexity index is 2620. The molecule has 0 aliphatic carbocycles. The minimum Gasteiger partial charge on any atom is -0.456 e. The molecule has 2 heteroatoms. The molecule has 0 spiro atoms. The van der Waals surface area contributed by atoms with Crippen LogP contribution in [0.4, 0.5) is 0 Å². The fraction of sp³-hybridized carbons (Fsp3) is 0.0476. The van der Waals surface area contributed by atoms with Crippen molar-refractivity contribution in [2.24, 2.45) is 0 Å². The van der Waals surface area contributed by atoms with Gasteiger partial charge in [-0.1, -0.05) is 103 Å². The zero-order chi connectivity index (χ0) is 29.4. The second-order valence-corrected chi connectivity index (χ2v) is 11.6. The Hall–Kier alpha value is -5.60. The lowest BCUT2D eigenvalue weighted by Gasteiger charge is -2.17. The Morgan fingerprint density at radius 3 is 1.93 bits per heavy atom. The molecule has 0 fully saturated rings. The van der Waals surface area contributed by atoms with E-state index in [-0.39, 0.29) is 0 Å². The molecule has 0 unspecified atom stereocenters. The molecule has 0 N–H and O–H groups in total. The van der Waals surface area contributed by atoms with Crippen LogP contribution in [0.5, 0.6) is 0 Å². The molecule has 208 valence electrons. The molecule has 2 aromatic heterocycles. The first-order chi connectivity index (χ1) is 21.7. The number of allylic oxidation sites excluding steroid dienone is 4. The third kappa shape index (κ3) is 3.49. The Morgan fingerprint density at radius 1 is 0.545 bits per heavy atom. The molecule has 0 amide bonds. The summed E-state index contributed by atoms with van der Waals surface area (Å²) in [6.45, 7) is 4.27. The third-order valence-corrected chi connectivity index (χ3v) is 9.11. The van der Waals surface area contributed by atoms with Crippen LogP contribution in [-0.2, 0) is 0 Å². The number of benzene rings is 7. The summed E-state index contributed by atoms with van der Waals surface area (Å²) in [4.78, 5) is 0. The first-order valence-corrected chi connectivity index (χ1v) is 15.1. The second kappa shape index (κ2) is 9.45. The van der Waals surface area contributed by atoms with Gasteiger partial charge in [0, 0.05) is 26.9 Å². The summed E-state index contributed by atoms with van der Waals surface area (Å²) in [7, 11) is 0. The van der Waals surface area contributed by atoms with Crippen LogP contribution in [0.15, 0.2) is 142 Å². The van der Waals surface area contributed by atoms with Gasteiger partial charge in [-0.05, 0) is 93.4 Å². The highest BCUT2D eigenvalue weighted by atomic mass is 16.3. The highest BCUT2D eigenvalue weighted by Crippen LogP contribution is 2.45. The zero-order valence-electron chi connectivity index (χ0n) is 24.5. The summed E-state index contributed by atoms with van der Waals surface area (Å²) in [6, 6.07) is 41.1. The molecule has 0 saturated carbocycles. The molecule has 0 saturated heterocycles. The SMILES string of the molecule is C/C=C\C=C(/C)c1c2ccccc2c(-c2ccc3oc4c(ccc5ccc6oc7ccccc7c6c54)c3c2)c2ccccc12. The number of rotatable bonds is 3. The lowest BCUT2D eigenvalue weighted by molar-refractivity contribution is 0.668. The smallest absolute Gasteiger partial charge is 0.144 e. The molecule has 7 aromatic carbocycles. The topological polar surface area (TPSA) is 26.3 Å². The van der Waals surface area contributed by atoms with Crippen molar-refractivity contribution >= 4 is 81.8 Å². The largest absolute Gasteiger partial charge is 0.456 e. The summed E-state index contributed by atoms with van der Waals surface area (Å²) in [6.07, 6.45) is 6.41. The number of para-hydroxylation sites is 1. The van der Waals surface area contributed by atoms with Gasteiger partial charge in [-0.2, -0.15) is 0 Å². The Morgan fingerprint density at radius 2 is 1.18 bits per heavy atom. The number of furan rings is 2. The van der Waals surface area contributed by atoms with E-state index in [9.17, 15) is 0 Å². The van der Waals surface area contributed by atoms with Crippen molar-refractivity contribution in [2.45, 2.75) is 13.8 Å². The predicted octanol–water partition coefficient (Wildman–Crippen LogP) is 12.6. The van der Waals surface area contributed by atoms with Crippen LogP contribution < -0.4 is 0 Å². The van der Waals surface area contributed by atoms with Crippen LogP contribution in [0.1, 0.15) is 19.4 Å². The van der Waals surface area contributed by atoms with Gasteiger partial charge in [0.05, 0.1) is 0 Å². The van der Waals surface area contributed by atoms with Gasteiger partial charge < -0.3 is 8.83 Å². The van der Waals surface area contributed by atoms with Gasteiger partial charge in [0.2, 0.25) is 0 Å².